The fourth-order valence-corrected chi connectivity index (χ4v) is 1.50. The molecule has 0 aliphatic carbocycles. The number of carbonyl (C=O) groups is 2. The van der Waals surface area contributed by atoms with E-state index in [1.54, 1.807) is 24.3 Å². The Morgan fingerprint density at radius 1 is 1.44 bits per heavy atom. The minimum atomic E-state index is -1.33. The van der Waals surface area contributed by atoms with Gasteiger partial charge in [0.2, 0.25) is 0 Å². The Balaban J connectivity index is 2.83. The summed E-state index contributed by atoms with van der Waals surface area (Å²) >= 11 is 5.71. The van der Waals surface area contributed by atoms with E-state index in [4.69, 9.17) is 22.2 Å². The minimum absolute atomic E-state index is 0.147. The Kier molecular flexibility index (Phi) is 5.05. The van der Waals surface area contributed by atoms with E-state index < -0.39 is 17.9 Å². The molecule has 0 unspecified atom stereocenters. The maximum atomic E-state index is 11.5. The molecule has 0 aliphatic rings. The summed E-state index contributed by atoms with van der Waals surface area (Å²) in [5.74, 6) is -0.630. The molecule has 0 bridgehead atoms. The van der Waals surface area contributed by atoms with Crippen LogP contribution in [0.4, 0.5) is 4.79 Å². The average molecular weight is 268 g/mol. The van der Waals surface area contributed by atoms with Crippen molar-refractivity contribution >= 4 is 29.7 Å². The number of nitrogens with zero attached hydrogens (tertiary/aromatic N) is 2. The number of Topliss-reactive ketones (excluding diaryl/α,β-unsaturated/α-hetero) is 1. The van der Waals surface area contributed by atoms with Crippen molar-refractivity contribution in [3.05, 3.63) is 40.4 Å². The van der Waals surface area contributed by atoms with E-state index in [-0.39, 0.29) is 6.42 Å². The van der Waals surface area contributed by atoms with Crippen LogP contribution in [0.5, 0.6) is 0 Å². The van der Waals surface area contributed by atoms with E-state index >= 15 is 0 Å². The smallest absolute Gasteiger partial charge is 0.405 e. The third-order valence-corrected chi connectivity index (χ3v) is 2.43. The predicted molar refractivity (Wildman–Crippen MR) is 64.8 cm³/mol. The summed E-state index contributed by atoms with van der Waals surface area (Å²) in [6.45, 7) is 0. The van der Waals surface area contributed by atoms with Crippen LogP contribution < -0.4 is 5.32 Å². The van der Waals surface area contributed by atoms with Gasteiger partial charge in [0.15, 0.2) is 0 Å². The first-order valence-electron chi connectivity index (χ1n) is 4.98. The zero-order valence-corrected chi connectivity index (χ0v) is 9.96. The largest absolute Gasteiger partial charge is 0.465 e. The molecule has 0 aliphatic heterocycles. The van der Waals surface area contributed by atoms with E-state index in [0.29, 0.717) is 11.2 Å². The highest BCUT2D eigenvalue weighted by Crippen LogP contribution is 2.11. The van der Waals surface area contributed by atoms with Gasteiger partial charge in [-0.1, -0.05) is 23.7 Å². The molecule has 1 aromatic carbocycles. The van der Waals surface area contributed by atoms with Crippen molar-refractivity contribution in [2.24, 2.45) is 0 Å². The van der Waals surface area contributed by atoms with Gasteiger partial charge in [0.25, 0.3) is 5.78 Å². The molecule has 1 amide bonds. The van der Waals surface area contributed by atoms with E-state index in [1.807, 2.05) is 0 Å². The molecule has 6 nitrogen and oxygen atoms in total. The van der Waals surface area contributed by atoms with Gasteiger partial charge in [-0.2, -0.15) is 4.79 Å². The van der Waals surface area contributed by atoms with Crippen LogP contribution in [0.2, 0.25) is 5.02 Å². The quantitative estimate of drug-likeness (QED) is 0.478. The lowest BCUT2D eigenvalue weighted by Crippen LogP contribution is -2.42. The van der Waals surface area contributed by atoms with Crippen LogP contribution in [0, 0.1) is 0 Å². The van der Waals surface area contributed by atoms with Gasteiger partial charge in [-0.15, -0.1) is 0 Å². The lowest BCUT2D eigenvalue weighted by atomic mass is 10.0. The predicted octanol–water partition coefficient (Wildman–Crippen LogP) is 1.39. The first-order valence-corrected chi connectivity index (χ1v) is 5.36. The number of hydrogen-bond donors (Lipinski definition) is 2. The fraction of sp³-hybridized carbons (Fsp3) is 0.182. The SMILES string of the molecule is [N-]=[N+]=CC(=O)[C@H](Cc1ccc(Cl)cc1)NC(=O)O. The monoisotopic (exact) mass is 267 g/mol. The van der Waals surface area contributed by atoms with Gasteiger partial charge in [-0.05, 0) is 17.7 Å². The molecular formula is C11H10ClN3O3. The third kappa shape index (κ3) is 4.37. The molecule has 1 aromatic rings. The van der Waals surface area contributed by atoms with Gasteiger partial charge in [0.1, 0.15) is 6.04 Å². The second-order valence-corrected chi connectivity index (χ2v) is 3.92. The van der Waals surface area contributed by atoms with Crippen molar-refractivity contribution in [1.82, 2.24) is 5.32 Å². The minimum Gasteiger partial charge on any atom is -0.465 e. The molecule has 7 heteroatoms. The molecule has 0 saturated carbocycles. The Hall–Kier alpha value is -2.17. The van der Waals surface area contributed by atoms with Crippen LogP contribution in [0.15, 0.2) is 24.3 Å². The van der Waals surface area contributed by atoms with E-state index in [0.717, 1.165) is 5.56 Å². The molecule has 0 heterocycles. The zero-order chi connectivity index (χ0) is 13.5. The average Bonchev–Trinajstić information content (AvgIpc) is 2.31. The molecule has 18 heavy (non-hydrogen) atoms. The maximum Gasteiger partial charge on any atom is 0.405 e. The number of ketones is 1. The zero-order valence-electron chi connectivity index (χ0n) is 9.21. The van der Waals surface area contributed by atoms with Crippen LogP contribution in [-0.2, 0) is 11.2 Å². The van der Waals surface area contributed by atoms with Gasteiger partial charge in [0, 0.05) is 11.4 Å². The van der Waals surface area contributed by atoms with Crippen LogP contribution in [-0.4, -0.2) is 34.0 Å². The van der Waals surface area contributed by atoms with Crippen LogP contribution in [0.25, 0.3) is 5.53 Å². The number of nitrogens with one attached hydrogen (secondary N) is 1. The van der Waals surface area contributed by atoms with Crippen molar-refractivity contribution in [2.75, 3.05) is 0 Å². The van der Waals surface area contributed by atoms with Gasteiger partial charge in [-0.25, -0.2) is 4.79 Å². The Labute approximate surface area is 108 Å². The summed E-state index contributed by atoms with van der Waals surface area (Å²) in [6, 6.07) is 5.64. The summed E-state index contributed by atoms with van der Waals surface area (Å²) in [5.41, 5.74) is 9.01. The van der Waals surface area contributed by atoms with E-state index in [1.165, 1.54) is 0 Å². The van der Waals surface area contributed by atoms with Crippen molar-refractivity contribution in [1.29, 1.82) is 0 Å². The van der Waals surface area contributed by atoms with Crippen molar-refractivity contribution in [3.63, 3.8) is 0 Å². The van der Waals surface area contributed by atoms with Crippen molar-refractivity contribution in [3.8, 4) is 0 Å². The number of amides is 1. The molecule has 94 valence electrons. The topological polar surface area (TPSA) is 103 Å². The number of carbonyl (C=O) groups excluding carboxylic acids is 1. The summed E-state index contributed by atoms with van der Waals surface area (Å²) in [6.07, 6.45) is -0.515. The Morgan fingerprint density at radius 2 is 2.06 bits per heavy atom. The lowest BCUT2D eigenvalue weighted by Gasteiger charge is -2.12. The molecule has 0 saturated heterocycles. The molecule has 1 atom stereocenters. The molecule has 0 radical (unpaired) electrons. The standard InChI is InChI=1S/C11H10ClN3O3/c12-8-3-1-7(2-4-8)5-9(15-11(17)18)10(16)6-14-13/h1-4,6,9,15H,5H2,(H,17,18)/t9-/m0/s1. The summed E-state index contributed by atoms with van der Waals surface area (Å²) in [7, 11) is 0. The molecule has 0 aromatic heterocycles. The number of rotatable bonds is 5. The van der Waals surface area contributed by atoms with E-state index in [2.05, 4.69) is 10.1 Å². The van der Waals surface area contributed by atoms with Gasteiger partial charge >= 0.3 is 12.3 Å². The van der Waals surface area contributed by atoms with E-state index in [9.17, 15) is 9.59 Å². The van der Waals surface area contributed by atoms with Gasteiger partial charge < -0.3 is 16.0 Å². The summed E-state index contributed by atoms with van der Waals surface area (Å²) in [4.78, 5) is 24.7. The third-order valence-electron chi connectivity index (χ3n) is 2.18. The highest BCUT2D eigenvalue weighted by Gasteiger charge is 2.22. The second kappa shape index (κ2) is 6.54. The number of benzene rings is 1. The summed E-state index contributed by atoms with van der Waals surface area (Å²) in [5, 5.41) is 11.2. The first kappa shape index (κ1) is 13.9. The highest BCUT2D eigenvalue weighted by molar-refractivity contribution is 6.30. The van der Waals surface area contributed by atoms with Crippen molar-refractivity contribution in [2.45, 2.75) is 12.5 Å². The highest BCUT2D eigenvalue weighted by atomic mass is 35.5. The van der Waals surface area contributed by atoms with Gasteiger partial charge in [-0.3, -0.25) is 4.79 Å². The second-order valence-electron chi connectivity index (χ2n) is 3.48. The fourth-order valence-electron chi connectivity index (χ4n) is 1.37. The summed E-state index contributed by atoms with van der Waals surface area (Å²) < 4.78 is 0. The molecule has 0 fully saturated rings. The number of hydrogen-bond acceptors (Lipinski definition) is 2. The Bertz CT molecular complexity index is 495. The molecule has 0 spiro atoms. The number of halogens is 1. The van der Waals surface area contributed by atoms with Crippen LogP contribution in [0.3, 0.4) is 0 Å². The maximum absolute atomic E-state index is 11.5. The van der Waals surface area contributed by atoms with Crippen LogP contribution in [0.1, 0.15) is 5.56 Å². The molecule has 1 rings (SSSR count). The van der Waals surface area contributed by atoms with Gasteiger partial charge in [0.05, 0.1) is 0 Å². The first-order chi connectivity index (χ1) is 8.52. The Morgan fingerprint density at radius 3 is 2.56 bits per heavy atom. The lowest BCUT2D eigenvalue weighted by molar-refractivity contribution is -0.117. The molecular weight excluding hydrogens is 258 g/mol. The normalized spacial score (nSPS) is 11.2. The van der Waals surface area contributed by atoms with Crippen molar-refractivity contribution < 1.29 is 19.5 Å². The molecule has 2 N–H and O–H groups in total. The van der Waals surface area contributed by atoms with Crippen LogP contribution >= 0.6 is 11.6 Å². The number of carboxylic acid groups (broad SMARTS) is 1.